The summed E-state index contributed by atoms with van der Waals surface area (Å²) in [5.41, 5.74) is 0. The van der Waals surface area contributed by atoms with Gasteiger partial charge in [0.05, 0.1) is 19.3 Å². The quantitative estimate of drug-likeness (QED) is 0.589. The Morgan fingerprint density at radius 3 is 2.38 bits per heavy atom. The van der Waals surface area contributed by atoms with Gasteiger partial charge in [-0.15, -0.1) is 0 Å². The van der Waals surface area contributed by atoms with Crippen molar-refractivity contribution in [1.29, 1.82) is 0 Å². The Bertz CT molecular complexity index is 104. The second-order valence-corrected chi connectivity index (χ2v) is 3.30. The minimum absolute atomic E-state index is 0.226. The third-order valence-electron chi connectivity index (χ3n) is 2.27. The number of hydrogen-bond acceptors (Lipinski definition) is 3. The standard InChI is InChI=1S/C10H22O3/c1-4-10(9(2)11)5-6-13-8-7-12-3/h9-11H,4-8H2,1-3H3. The van der Waals surface area contributed by atoms with E-state index < -0.39 is 0 Å². The molecule has 0 rings (SSSR count). The van der Waals surface area contributed by atoms with Gasteiger partial charge in [0.15, 0.2) is 0 Å². The topological polar surface area (TPSA) is 38.7 Å². The first-order valence-corrected chi connectivity index (χ1v) is 4.97. The minimum atomic E-state index is -0.226. The van der Waals surface area contributed by atoms with Gasteiger partial charge in [0, 0.05) is 13.7 Å². The molecule has 0 amide bonds. The van der Waals surface area contributed by atoms with Crippen molar-refractivity contribution in [2.45, 2.75) is 32.8 Å². The number of rotatable bonds is 8. The number of methoxy groups -OCH3 is 1. The van der Waals surface area contributed by atoms with Crippen molar-refractivity contribution < 1.29 is 14.6 Å². The van der Waals surface area contributed by atoms with Crippen molar-refractivity contribution in [3.63, 3.8) is 0 Å². The minimum Gasteiger partial charge on any atom is -0.393 e. The smallest absolute Gasteiger partial charge is 0.0700 e. The zero-order valence-corrected chi connectivity index (χ0v) is 8.95. The highest BCUT2D eigenvalue weighted by Gasteiger charge is 2.11. The molecule has 0 aliphatic heterocycles. The average molecular weight is 190 g/mol. The lowest BCUT2D eigenvalue weighted by Crippen LogP contribution is -2.18. The van der Waals surface area contributed by atoms with Crippen LogP contribution in [-0.2, 0) is 9.47 Å². The molecule has 0 bridgehead atoms. The largest absolute Gasteiger partial charge is 0.393 e. The Hall–Kier alpha value is -0.120. The van der Waals surface area contributed by atoms with Gasteiger partial charge in [-0.25, -0.2) is 0 Å². The lowest BCUT2D eigenvalue weighted by Gasteiger charge is -2.17. The van der Waals surface area contributed by atoms with Crippen molar-refractivity contribution in [2.24, 2.45) is 5.92 Å². The number of aliphatic hydroxyl groups is 1. The molecular weight excluding hydrogens is 168 g/mol. The average Bonchev–Trinajstić information content (AvgIpc) is 2.10. The molecule has 0 aromatic heterocycles. The maximum Gasteiger partial charge on any atom is 0.0700 e. The molecule has 2 atom stereocenters. The lowest BCUT2D eigenvalue weighted by atomic mass is 9.97. The fourth-order valence-corrected chi connectivity index (χ4v) is 1.27. The zero-order chi connectivity index (χ0) is 10.1. The first kappa shape index (κ1) is 12.9. The van der Waals surface area contributed by atoms with Crippen molar-refractivity contribution in [3.05, 3.63) is 0 Å². The van der Waals surface area contributed by atoms with E-state index >= 15 is 0 Å². The first-order chi connectivity index (χ1) is 6.22. The van der Waals surface area contributed by atoms with Gasteiger partial charge in [0.25, 0.3) is 0 Å². The molecule has 0 aromatic rings. The van der Waals surface area contributed by atoms with Crippen molar-refractivity contribution in [1.82, 2.24) is 0 Å². The molecule has 0 aromatic carbocycles. The molecule has 80 valence electrons. The molecule has 0 saturated carbocycles. The van der Waals surface area contributed by atoms with E-state index in [1.807, 2.05) is 6.92 Å². The SMILES string of the molecule is CCC(CCOCCOC)C(C)O. The molecule has 0 aliphatic carbocycles. The predicted octanol–water partition coefficient (Wildman–Crippen LogP) is 1.45. The van der Waals surface area contributed by atoms with Crippen LogP contribution in [0.25, 0.3) is 0 Å². The van der Waals surface area contributed by atoms with Crippen LogP contribution in [0.15, 0.2) is 0 Å². The normalized spacial score (nSPS) is 15.7. The number of ether oxygens (including phenoxy) is 2. The van der Waals surface area contributed by atoms with E-state index in [0.29, 0.717) is 25.7 Å². The Morgan fingerprint density at radius 1 is 1.23 bits per heavy atom. The molecule has 0 spiro atoms. The summed E-state index contributed by atoms with van der Waals surface area (Å²) in [6, 6.07) is 0. The van der Waals surface area contributed by atoms with Crippen LogP contribution in [0.3, 0.4) is 0 Å². The summed E-state index contributed by atoms with van der Waals surface area (Å²) in [6.45, 7) is 5.93. The summed E-state index contributed by atoms with van der Waals surface area (Å²) in [4.78, 5) is 0. The number of aliphatic hydroxyl groups excluding tert-OH is 1. The van der Waals surface area contributed by atoms with Crippen LogP contribution in [0, 0.1) is 5.92 Å². The van der Waals surface area contributed by atoms with Crippen LogP contribution in [-0.4, -0.2) is 38.1 Å². The molecule has 0 radical (unpaired) electrons. The van der Waals surface area contributed by atoms with Gasteiger partial charge in [0.2, 0.25) is 0 Å². The van der Waals surface area contributed by atoms with Gasteiger partial charge in [0.1, 0.15) is 0 Å². The summed E-state index contributed by atoms with van der Waals surface area (Å²) in [6.07, 6.45) is 1.71. The molecule has 1 N–H and O–H groups in total. The lowest BCUT2D eigenvalue weighted by molar-refractivity contribution is 0.0458. The highest BCUT2D eigenvalue weighted by molar-refractivity contribution is 4.62. The van der Waals surface area contributed by atoms with Gasteiger partial charge in [-0.3, -0.25) is 0 Å². The zero-order valence-electron chi connectivity index (χ0n) is 8.95. The highest BCUT2D eigenvalue weighted by Crippen LogP contribution is 2.12. The van der Waals surface area contributed by atoms with Crippen molar-refractivity contribution in [3.8, 4) is 0 Å². The Balaban J connectivity index is 3.28. The van der Waals surface area contributed by atoms with Crippen LogP contribution in [0.2, 0.25) is 0 Å². The summed E-state index contributed by atoms with van der Waals surface area (Å²) in [7, 11) is 1.66. The third kappa shape index (κ3) is 6.99. The Kier molecular flexibility index (Phi) is 8.40. The second kappa shape index (κ2) is 8.48. The van der Waals surface area contributed by atoms with Crippen LogP contribution in [0.5, 0.6) is 0 Å². The fraction of sp³-hybridized carbons (Fsp3) is 1.00. The first-order valence-electron chi connectivity index (χ1n) is 4.97. The molecule has 13 heavy (non-hydrogen) atoms. The number of hydrogen-bond donors (Lipinski definition) is 1. The Labute approximate surface area is 81.0 Å². The van der Waals surface area contributed by atoms with E-state index in [9.17, 15) is 5.11 Å². The molecule has 3 nitrogen and oxygen atoms in total. The van der Waals surface area contributed by atoms with E-state index in [0.717, 1.165) is 12.8 Å². The van der Waals surface area contributed by atoms with Gasteiger partial charge < -0.3 is 14.6 Å². The van der Waals surface area contributed by atoms with E-state index in [1.165, 1.54) is 0 Å². The molecule has 2 unspecified atom stereocenters. The van der Waals surface area contributed by atoms with E-state index in [1.54, 1.807) is 7.11 Å². The van der Waals surface area contributed by atoms with Crippen LogP contribution in [0.4, 0.5) is 0 Å². The molecule has 0 heterocycles. The Morgan fingerprint density at radius 2 is 1.92 bits per heavy atom. The van der Waals surface area contributed by atoms with Gasteiger partial charge in [-0.2, -0.15) is 0 Å². The van der Waals surface area contributed by atoms with Crippen LogP contribution < -0.4 is 0 Å². The van der Waals surface area contributed by atoms with E-state index in [4.69, 9.17) is 9.47 Å². The monoisotopic (exact) mass is 190 g/mol. The molecule has 0 saturated heterocycles. The fourth-order valence-electron chi connectivity index (χ4n) is 1.27. The summed E-state index contributed by atoms with van der Waals surface area (Å²) in [5, 5.41) is 9.33. The van der Waals surface area contributed by atoms with E-state index in [-0.39, 0.29) is 6.10 Å². The van der Waals surface area contributed by atoms with Crippen LogP contribution in [0.1, 0.15) is 26.7 Å². The van der Waals surface area contributed by atoms with E-state index in [2.05, 4.69) is 6.92 Å². The molecular formula is C10H22O3. The molecule has 3 heteroatoms. The summed E-state index contributed by atoms with van der Waals surface area (Å²) >= 11 is 0. The predicted molar refractivity (Wildman–Crippen MR) is 52.8 cm³/mol. The maximum absolute atomic E-state index is 9.33. The van der Waals surface area contributed by atoms with Gasteiger partial charge in [-0.1, -0.05) is 13.3 Å². The third-order valence-corrected chi connectivity index (χ3v) is 2.27. The molecule has 0 aliphatic rings. The van der Waals surface area contributed by atoms with Crippen LogP contribution >= 0.6 is 0 Å². The highest BCUT2D eigenvalue weighted by atomic mass is 16.5. The summed E-state index contributed by atoms with van der Waals surface area (Å²) < 4.78 is 10.2. The van der Waals surface area contributed by atoms with Gasteiger partial charge >= 0.3 is 0 Å². The second-order valence-electron chi connectivity index (χ2n) is 3.30. The van der Waals surface area contributed by atoms with Crippen molar-refractivity contribution >= 4 is 0 Å². The van der Waals surface area contributed by atoms with Crippen molar-refractivity contribution in [2.75, 3.05) is 26.9 Å². The maximum atomic E-state index is 9.33. The molecule has 0 fully saturated rings. The van der Waals surface area contributed by atoms with Gasteiger partial charge in [-0.05, 0) is 19.3 Å². The summed E-state index contributed by atoms with van der Waals surface area (Å²) in [5.74, 6) is 0.363.